The van der Waals surface area contributed by atoms with Gasteiger partial charge in [-0.2, -0.15) is 5.10 Å². The zero-order valence-electron chi connectivity index (χ0n) is 13.1. The third-order valence-corrected chi connectivity index (χ3v) is 3.66. The Hall–Kier alpha value is -1.81. The van der Waals surface area contributed by atoms with Gasteiger partial charge in [0.15, 0.2) is 0 Å². The summed E-state index contributed by atoms with van der Waals surface area (Å²) in [7, 11) is 4.11. The van der Waals surface area contributed by atoms with Gasteiger partial charge in [0.1, 0.15) is 5.82 Å². The lowest BCUT2D eigenvalue weighted by atomic mass is 10.1. The predicted octanol–water partition coefficient (Wildman–Crippen LogP) is 2.91. The van der Waals surface area contributed by atoms with Crippen LogP contribution in [0.4, 0.5) is 11.5 Å². The lowest BCUT2D eigenvalue weighted by Gasteiger charge is -2.23. The monoisotopic (exact) mass is 272 g/mol. The van der Waals surface area contributed by atoms with E-state index in [9.17, 15) is 0 Å². The number of aryl methyl sites for hydroxylation is 3. The third kappa shape index (κ3) is 2.70. The maximum absolute atomic E-state index is 4.58. The molecule has 4 heteroatoms. The molecule has 0 aliphatic heterocycles. The van der Waals surface area contributed by atoms with E-state index in [0.29, 0.717) is 0 Å². The van der Waals surface area contributed by atoms with Gasteiger partial charge in [-0.3, -0.25) is 4.68 Å². The molecule has 1 heterocycles. The molecule has 0 bridgehead atoms. The molecule has 1 aromatic heterocycles. The SMILES string of the molecule is CCNCc1c(C)nn(C)c1N(C)c1ccccc1C. The molecule has 0 aliphatic carbocycles. The van der Waals surface area contributed by atoms with Crippen LogP contribution in [-0.2, 0) is 13.6 Å². The summed E-state index contributed by atoms with van der Waals surface area (Å²) < 4.78 is 1.97. The Morgan fingerprint density at radius 1 is 1.25 bits per heavy atom. The molecule has 0 saturated carbocycles. The second-order valence-electron chi connectivity index (χ2n) is 5.14. The van der Waals surface area contributed by atoms with E-state index < -0.39 is 0 Å². The first-order chi connectivity index (χ1) is 9.56. The van der Waals surface area contributed by atoms with E-state index in [1.54, 1.807) is 0 Å². The highest BCUT2D eigenvalue weighted by atomic mass is 15.4. The Bertz CT molecular complexity index is 586. The lowest BCUT2D eigenvalue weighted by Crippen LogP contribution is -2.19. The zero-order valence-corrected chi connectivity index (χ0v) is 13.1. The van der Waals surface area contributed by atoms with Crippen LogP contribution < -0.4 is 10.2 Å². The van der Waals surface area contributed by atoms with Gasteiger partial charge in [0.05, 0.1) is 5.69 Å². The van der Waals surface area contributed by atoms with Crippen molar-refractivity contribution >= 4 is 11.5 Å². The molecule has 0 aliphatic rings. The number of nitrogens with one attached hydrogen (secondary N) is 1. The highest BCUT2D eigenvalue weighted by Crippen LogP contribution is 2.30. The molecule has 2 rings (SSSR count). The van der Waals surface area contributed by atoms with E-state index >= 15 is 0 Å². The molecule has 0 spiro atoms. The fourth-order valence-corrected chi connectivity index (χ4v) is 2.62. The third-order valence-electron chi connectivity index (χ3n) is 3.66. The standard InChI is InChI=1S/C16H24N4/c1-6-17-11-14-13(3)18-20(5)16(14)19(4)15-10-8-7-9-12(15)2/h7-10,17H,6,11H2,1-5H3. The van der Waals surface area contributed by atoms with Crippen LogP contribution in [0.1, 0.15) is 23.7 Å². The summed E-state index contributed by atoms with van der Waals surface area (Å²) >= 11 is 0. The zero-order chi connectivity index (χ0) is 14.7. The molecule has 0 atom stereocenters. The van der Waals surface area contributed by atoms with Crippen LogP contribution in [-0.4, -0.2) is 23.4 Å². The van der Waals surface area contributed by atoms with Crippen LogP contribution in [0.2, 0.25) is 0 Å². The Morgan fingerprint density at radius 2 is 1.95 bits per heavy atom. The molecule has 20 heavy (non-hydrogen) atoms. The number of rotatable bonds is 5. The van der Waals surface area contributed by atoms with E-state index in [0.717, 1.165) is 24.6 Å². The van der Waals surface area contributed by atoms with Crippen molar-refractivity contribution in [3.8, 4) is 0 Å². The molecule has 2 aromatic rings. The summed E-state index contributed by atoms with van der Waals surface area (Å²) in [5, 5.41) is 7.98. The second kappa shape index (κ2) is 6.09. The minimum atomic E-state index is 0.849. The number of para-hydroxylation sites is 1. The first-order valence-corrected chi connectivity index (χ1v) is 7.08. The molecule has 0 unspecified atom stereocenters. The van der Waals surface area contributed by atoms with Crippen LogP contribution >= 0.6 is 0 Å². The number of nitrogens with zero attached hydrogens (tertiary/aromatic N) is 3. The normalized spacial score (nSPS) is 10.8. The minimum Gasteiger partial charge on any atom is -0.329 e. The van der Waals surface area contributed by atoms with Crippen molar-refractivity contribution < 1.29 is 0 Å². The van der Waals surface area contributed by atoms with Crippen LogP contribution in [0.3, 0.4) is 0 Å². The van der Waals surface area contributed by atoms with Crippen LogP contribution in [0.25, 0.3) is 0 Å². The van der Waals surface area contributed by atoms with Crippen LogP contribution in [0.15, 0.2) is 24.3 Å². The first kappa shape index (κ1) is 14.6. The highest BCUT2D eigenvalue weighted by Gasteiger charge is 2.18. The molecule has 0 fully saturated rings. The maximum atomic E-state index is 4.58. The summed E-state index contributed by atoms with van der Waals surface area (Å²) in [4.78, 5) is 2.22. The number of hydrogen-bond acceptors (Lipinski definition) is 3. The molecular weight excluding hydrogens is 248 g/mol. The summed E-state index contributed by atoms with van der Waals surface area (Å²) in [6, 6.07) is 8.43. The van der Waals surface area contributed by atoms with Crippen molar-refractivity contribution in [3.05, 3.63) is 41.1 Å². The van der Waals surface area contributed by atoms with Gasteiger partial charge in [0.2, 0.25) is 0 Å². The van der Waals surface area contributed by atoms with E-state index in [1.807, 2.05) is 11.7 Å². The van der Waals surface area contributed by atoms with Gasteiger partial charge in [-0.25, -0.2) is 0 Å². The highest BCUT2D eigenvalue weighted by molar-refractivity contribution is 5.66. The van der Waals surface area contributed by atoms with Gasteiger partial charge in [-0.05, 0) is 32.0 Å². The van der Waals surface area contributed by atoms with Crippen molar-refractivity contribution in [2.75, 3.05) is 18.5 Å². The quantitative estimate of drug-likeness (QED) is 0.908. The van der Waals surface area contributed by atoms with Crippen LogP contribution in [0.5, 0.6) is 0 Å². The lowest BCUT2D eigenvalue weighted by molar-refractivity contribution is 0.721. The van der Waals surface area contributed by atoms with E-state index in [4.69, 9.17) is 0 Å². The first-order valence-electron chi connectivity index (χ1n) is 7.08. The smallest absolute Gasteiger partial charge is 0.135 e. The van der Waals surface area contributed by atoms with Crippen molar-refractivity contribution in [2.24, 2.45) is 7.05 Å². The van der Waals surface area contributed by atoms with E-state index in [-0.39, 0.29) is 0 Å². The Balaban J connectivity index is 2.44. The number of benzene rings is 1. The molecule has 0 saturated heterocycles. The Kier molecular flexibility index (Phi) is 4.45. The topological polar surface area (TPSA) is 33.1 Å². The van der Waals surface area contributed by atoms with E-state index in [1.165, 1.54) is 16.8 Å². The number of hydrogen-bond donors (Lipinski definition) is 1. The molecule has 0 radical (unpaired) electrons. The molecule has 108 valence electrons. The summed E-state index contributed by atoms with van der Waals surface area (Å²) in [5.41, 5.74) is 4.83. The molecular formula is C16H24N4. The fraction of sp³-hybridized carbons (Fsp3) is 0.438. The van der Waals surface area contributed by atoms with Gasteiger partial charge < -0.3 is 10.2 Å². The fourth-order valence-electron chi connectivity index (χ4n) is 2.62. The molecule has 1 N–H and O–H groups in total. The van der Waals surface area contributed by atoms with Crippen molar-refractivity contribution in [3.63, 3.8) is 0 Å². The molecule has 4 nitrogen and oxygen atoms in total. The van der Waals surface area contributed by atoms with Crippen molar-refractivity contribution in [1.29, 1.82) is 0 Å². The van der Waals surface area contributed by atoms with Gasteiger partial charge in [-0.15, -0.1) is 0 Å². The van der Waals surface area contributed by atoms with Gasteiger partial charge in [0, 0.05) is 31.9 Å². The van der Waals surface area contributed by atoms with Gasteiger partial charge in [-0.1, -0.05) is 25.1 Å². The molecule has 1 aromatic carbocycles. The average Bonchev–Trinajstić information content (AvgIpc) is 2.70. The molecule has 0 amide bonds. The van der Waals surface area contributed by atoms with E-state index in [2.05, 4.69) is 67.4 Å². The van der Waals surface area contributed by atoms with Gasteiger partial charge >= 0.3 is 0 Å². The summed E-state index contributed by atoms with van der Waals surface area (Å²) in [6.45, 7) is 8.14. The second-order valence-corrected chi connectivity index (χ2v) is 5.14. The van der Waals surface area contributed by atoms with Crippen LogP contribution in [0, 0.1) is 13.8 Å². The Labute approximate surface area is 121 Å². The largest absolute Gasteiger partial charge is 0.329 e. The van der Waals surface area contributed by atoms with Crippen molar-refractivity contribution in [1.82, 2.24) is 15.1 Å². The number of anilines is 2. The summed E-state index contributed by atoms with van der Waals surface area (Å²) in [6.07, 6.45) is 0. The number of aromatic nitrogens is 2. The van der Waals surface area contributed by atoms with Crippen molar-refractivity contribution in [2.45, 2.75) is 27.3 Å². The summed E-state index contributed by atoms with van der Waals surface area (Å²) in [5.74, 6) is 1.15. The minimum absolute atomic E-state index is 0.849. The predicted molar refractivity (Wildman–Crippen MR) is 84.6 cm³/mol. The van der Waals surface area contributed by atoms with Gasteiger partial charge in [0.25, 0.3) is 0 Å². The average molecular weight is 272 g/mol. The Morgan fingerprint density at radius 3 is 2.60 bits per heavy atom. The maximum Gasteiger partial charge on any atom is 0.135 e.